The second kappa shape index (κ2) is 6.62. The van der Waals surface area contributed by atoms with Gasteiger partial charge in [-0.3, -0.25) is 4.90 Å². The summed E-state index contributed by atoms with van der Waals surface area (Å²) in [6.45, 7) is 5.07. The maximum absolute atomic E-state index is 11.9. The zero-order valence-electron chi connectivity index (χ0n) is 12.6. The largest absolute Gasteiger partial charge is 0.467 e. The van der Waals surface area contributed by atoms with E-state index < -0.39 is 0 Å². The number of nitrogens with zero attached hydrogens (tertiary/aromatic N) is 1. The molecule has 1 saturated heterocycles. The Morgan fingerprint density at radius 2 is 2.33 bits per heavy atom. The molecule has 1 saturated carbocycles. The number of carbonyl (C=O) groups excluding carboxylic acids is 1. The van der Waals surface area contributed by atoms with Crippen molar-refractivity contribution in [2.75, 3.05) is 19.7 Å². The Morgan fingerprint density at radius 3 is 3.00 bits per heavy atom. The van der Waals surface area contributed by atoms with Crippen molar-refractivity contribution in [2.24, 2.45) is 0 Å². The van der Waals surface area contributed by atoms with Gasteiger partial charge >= 0.3 is 5.97 Å². The summed E-state index contributed by atoms with van der Waals surface area (Å²) in [4.78, 5) is 14.4. The van der Waals surface area contributed by atoms with E-state index in [1.54, 1.807) is 12.3 Å². The fourth-order valence-electron chi connectivity index (χ4n) is 3.02. The van der Waals surface area contributed by atoms with Crippen molar-refractivity contribution < 1.29 is 13.9 Å². The average Bonchev–Trinajstić information content (AvgIpc) is 2.99. The molecule has 2 heterocycles. The first kappa shape index (κ1) is 14.6. The Bertz CT molecular complexity index is 476. The first-order chi connectivity index (χ1) is 10.3. The summed E-state index contributed by atoms with van der Waals surface area (Å²) in [5.41, 5.74) is 0.571. The van der Waals surface area contributed by atoms with Crippen LogP contribution in [-0.4, -0.2) is 42.6 Å². The molecular weight excluding hydrogens is 268 g/mol. The zero-order chi connectivity index (χ0) is 14.7. The van der Waals surface area contributed by atoms with E-state index in [1.165, 1.54) is 25.7 Å². The quantitative estimate of drug-likeness (QED) is 0.781. The summed E-state index contributed by atoms with van der Waals surface area (Å²) in [6.07, 6.45) is 6.59. The maximum Gasteiger partial charge on any atom is 0.341 e. The topological polar surface area (TPSA) is 54.7 Å². The van der Waals surface area contributed by atoms with Crippen LogP contribution in [0.5, 0.6) is 0 Å². The van der Waals surface area contributed by atoms with E-state index >= 15 is 0 Å². The van der Waals surface area contributed by atoms with Crippen molar-refractivity contribution >= 4 is 5.97 Å². The Kier molecular flexibility index (Phi) is 4.60. The molecule has 5 nitrogen and oxygen atoms in total. The predicted octanol–water partition coefficient (Wildman–Crippen LogP) is 2.17. The minimum absolute atomic E-state index is 0.281. The summed E-state index contributed by atoms with van der Waals surface area (Å²) < 4.78 is 10.6. The Hall–Kier alpha value is -1.33. The summed E-state index contributed by atoms with van der Waals surface area (Å²) in [7, 11) is 0. The van der Waals surface area contributed by atoms with Gasteiger partial charge in [0.1, 0.15) is 11.3 Å². The second-order valence-electron chi connectivity index (χ2n) is 5.93. The van der Waals surface area contributed by atoms with Gasteiger partial charge < -0.3 is 14.5 Å². The molecule has 1 aromatic rings. The first-order valence-corrected chi connectivity index (χ1v) is 7.99. The van der Waals surface area contributed by atoms with E-state index in [0.29, 0.717) is 30.8 Å². The van der Waals surface area contributed by atoms with E-state index in [1.807, 2.05) is 6.92 Å². The van der Waals surface area contributed by atoms with Crippen molar-refractivity contribution in [3.63, 3.8) is 0 Å². The molecular formula is C16H24N2O3. The van der Waals surface area contributed by atoms with Gasteiger partial charge in [-0.25, -0.2) is 4.79 Å². The molecule has 5 heteroatoms. The lowest BCUT2D eigenvalue weighted by atomic mass is 10.2. The molecule has 0 amide bonds. The molecule has 0 radical (unpaired) electrons. The molecule has 0 bridgehead atoms. The molecule has 2 fully saturated rings. The molecule has 0 aromatic carbocycles. The van der Waals surface area contributed by atoms with Gasteiger partial charge in [-0.15, -0.1) is 0 Å². The minimum atomic E-state index is -0.281. The van der Waals surface area contributed by atoms with E-state index in [4.69, 9.17) is 9.15 Å². The molecule has 3 rings (SSSR count). The van der Waals surface area contributed by atoms with Crippen LogP contribution in [0, 0.1) is 0 Å². The fraction of sp³-hybridized carbons (Fsp3) is 0.688. The van der Waals surface area contributed by atoms with E-state index in [0.717, 1.165) is 18.8 Å². The predicted molar refractivity (Wildman–Crippen MR) is 79.1 cm³/mol. The number of hydrogen-bond donors (Lipinski definition) is 1. The van der Waals surface area contributed by atoms with Crippen LogP contribution in [0.4, 0.5) is 0 Å². The highest BCUT2D eigenvalue weighted by atomic mass is 16.5. The van der Waals surface area contributed by atoms with Crippen LogP contribution in [0.1, 0.15) is 48.7 Å². The van der Waals surface area contributed by atoms with Crippen molar-refractivity contribution in [1.29, 1.82) is 0 Å². The van der Waals surface area contributed by atoms with Gasteiger partial charge in [-0.05, 0) is 45.2 Å². The highest BCUT2D eigenvalue weighted by Gasteiger charge is 2.32. The van der Waals surface area contributed by atoms with Gasteiger partial charge in [0, 0.05) is 18.6 Å². The van der Waals surface area contributed by atoms with E-state index in [-0.39, 0.29) is 5.97 Å². The summed E-state index contributed by atoms with van der Waals surface area (Å²) in [5.74, 6) is 0.453. The standard InChI is InChI=1S/C16H24N2O3/c1-2-20-16(19)14-7-9-21-15(14)11-18(13-5-6-13)10-12-4-3-8-17-12/h7,9,12-13,17H,2-6,8,10-11H2,1H3. The number of carbonyl (C=O) groups is 1. The Morgan fingerprint density at radius 1 is 1.48 bits per heavy atom. The lowest BCUT2D eigenvalue weighted by Gasteiger charge is -2.24. The van der Waals surface area contributed by atoms with Crippen LogP contribution >= 0.6 is 0 Å². The second-order valence-corrected chi connectivity index (χ2v) is 5.93. The first-order valence-electron chi connectivity index (χ1n) is 7.99. The van der Waals surface area contributed by atoms with Gasteiger partial charge in [-0.1, -0.05) is 0 Å². The molecule has 1 aliphatic heterocycles. The van der Waals surface area contributed by atoms with Crippen molar-refractivity contribution in [1.82, 2.24) is 10.2 Å². The number of esters is 1. The van der Waals surface area contributed by atoms with Gasteiger partial charge in [-0.2, -0.15) is 0 Å². The molecule has 1 aromatic heterocycles. The highest BCUT2D eigenvalue weighted by Crippen LogP contribution is 2.30. The summed E-state index contributed by atoms with van der Waals surface area (Å²) >= 11 is 0. The van der Waals surface area contributed by atoms with Crippen LogP contribution in [0.2, 0.25) is 0 Å². The molecule has 1 N–H and O–H groups in total. The SMILES string of the molecule is CCOC(=O)c1ccoc1CN(CC1CCCN1)C1CC1. The highest BCUT2D eigenvalue weighted by molar-refractivity contribution is 5.90. The molecule has 116 valence electrons. The number of rotatable bonds is 7. The number of furan rings is 1. The van der Waals surface area contributed by atoms with E-state index in [2.05, 4.69) is 10.2 Å². The third-order valence-corrected chi connectivity index (χ3v) is 4.27. The number of ether oxygens (including phenoxy) is 1. The molecule has 1 unspecified atom stereocenters. The fourth-order valence-corrected chi connectivity index (χ4v) is 3.02. The van der Waals surface area contributed by atoms with Gasteiger partial charge in [0.2, 0.25) is 0 Å². The van der Waals surface area contributed by atoms with Gasteiger partial charge in [0.15, 0.2) is 0 Å². The molecule has 2 aliphatic rings. The molecule has 0 spiro atoms. The van der Waals surface area contributed by atoms with Crippen molar-refractivity contribution in [3.8, 4) is 0 Å². The Labute approximate surface area is 125 Å². The number of nitrogens with one attached hydrogen (secondary N) is 1. The smallest absolute Gasteiger partial charge is 0.341 e. The molecule has 1 atom stereocenters. The lowest BCUT2D eigenvalue weighted by molar-refractivity contribution is 0.0521. The Balaban J connectivity index is 1.65. The summed E-state index contributed by atoms with van der Waals surface area (Å²) in [6, 6.07) is 2.94. The van der Waals surface area contributed by atoms with Gasteiger partial charge in [0.25, 0.3) is 0 Å². The van der Waals surface area contributed by atoms with Crippen LogP contribution in [0.15, 0.2) is 16.7 Å². The number of hydrogen-bond acceptors (Lipinski definition) is 5. The minimum Gasteiger partial charge on any atom is -0.467 e. The average molecular weight is 292 g/mol. The zero-order valence-corrected chi connectivity index (χ0v) is 12.6. The normalized spacial score (nSPS) is 21.9. The van der Waals surface area contributed by atoms with Gasteiger partial charge in [0.05, 0.1) is 19.4 Å². The molecule has 21 heavy (non-hydrogen) atoms. The van der Waals surface area contributed by atoms with Crippen LogP contribution in [0.3, 0.4) is 0 Å². The monoisotopic (exact) mass is 292 g/mol. The van der Waals surface area contributed by atoms with Crippen molar-refractivity contribution in [3.05, 3.63) is 23.7 Å². The van der Waals surface area contributed by atoms with Crippen LogP contribution in [-0.2, 0) is 11.3 Å². The lowest BCUT2D eigenvalue weighted by Crippen LogP contribution is -2.38. The molecule has 1 aliphatic carbocycles. The third kappa shape index (κ3) is 3.66. The summed E-state index contributed by atoms with van der Waals surface area (Å²) in [5, 5.41) is 3.54. The van der Waals surface area contributed by atoms with E-state index in [9.17, 15) is 4.79 Å². The van der Waals surface area contributed by atoms with Crippen LogP contribution < -0.4 is 5.32 Å². The third-order valence-electron chi connectivity index (χ3n) is 4.27. The van der Waals surface area contributed by atoms with Crippen molar-refractivity contribution in [2.45, 2.75) is 51.2 Å². The van der Waals surface area contributed by atoms with Crippen LogP contribution in [0.25, 0.3) is 0 Å². The maximum atomic E-state index is 11.9.